The number of hydrogen-bond acceptors (Lipinski definition) is 7. The number of methoxy groups -OCH3 is 1. The molecule has 0 spiro atoms. The highest BCUT2D eigenvalue weighted by molar-refractivity contribution is 7.07. The van der Waals surface area contributed by atoms with Crippen molar-refractivity contribution in [3.8, 4) is 0 Å². The Morgan fingerprint density at radius 1 is 1.05 bits per heavy atom. The number of carbonyl (C=O) groups excluding carboxylic acids is 2. The van der Waals surface area contributed by atoms with Gasteiger partial charge in [0, 0.05) is 5.56 Å². The largest absolute Gasteiger partial charge is 0.465 e. The first-order valence-corrected chi connectivity index (χ1v) is 13.3. The number of halogens is 2. The Bertz CT molecular complexity index is 1810. The topological polar surface area (TPSA) is 87.0 Å². The molecule has 5 rings (SSSR count). The molecule has 202 valence electrons. The Kier molecular flexibility index (Phi) is 7.77. The second kappa shape index (κ2) is 11.4. The normalized spacial score (nSPS) is 14.9. The van der Waals surface area contributed by atoms with Gasteiger partial charge < -0.3 is 9.47 Å². The van der Waals surface area contributed by atoms with Gasteiger partial charge >= 0.3 is 11.9 Å². The van der Waals surface area contributed by atoms with E-state index in [1.165, 1.54) is 36.0 Å². The first-order chi connectivity index (χ1) is 19.3. The number of carbonyl (C=O) groups is 2. The van der Waals surface area contributed by atoms with E-state index in [0.717, 1.165) is 16.9 Å². The van der Waals surface area contributed by atoms with Gasteiger partial charge in [0.2, 0.25) is 0 Å². The van der Waals surface area contributed by atoms with Crippen LogP contribution in [0.1, 0.15) is 40.0 Å². The summed E-state index contributed by atoms with van der Waals surface area (Å²) in [4.78, 5) is 44.1. The number of benzene rings is 3. The molecule has 1 aliphatic rings. The third-order valence-corrected chi connectivity index (χ3v) is 7.69. The highest BCUT2D eigenvalue weighted by Gasteiger charge is 2.33. The van der Waals surface area contributed by atoms with Gasteiger partial charge in [-0.25, -0.2) is 19.0 Å². The molecule has 1 unspecified atom stereocenters. The summed E-state index contributed by atoms with van der Waals surface area (Å²) in [6.45, 7) is 1.69. The number of rotatable bonds is 6. The Balaban J connectivity index is 1.64. The monoisotopic (exact) mass is 576 g/mol. The lowest BCUT2D eigenvalue weighted by atomic mass is 9.95. The van der Waals surface area contributed by atoms with E-state index in [2.05, 4.69) is 4.99 Å². The minimum Gasteiger partial charge on any atom is -0.465 e. The van der Waals surface area contributed by atoms with Crippen molar-refractivity contribution in [3.63, 3.8) is 0 Å². The fourth-order valence-electron chi connectivity index (χ4n) is 4.40. The molecule has 0 N–H and O–H groups in total. The summed E-state index contributed by atoms with van der Waals surface area (Å²) >= 11 is 7.26. The van der Waals surface area contributed by atoms with Crippen molar-refractivity contribution in [2.45, 2.75) is 19.6 Å². The number of hydrogen-bond donors (Lipinski definition) is 0. The number of allylic oxidation sites excluding steroid dienone is 1. The van der Waals surface area contributed by atoms with Gasteiger partial charge in [0.1, 0.15) is 12.4 Å². The zero-order valence-electron chi connectivity index (χ0n) is 21.4. The summed E-state index contributed by atoms with van der Waals surface area (Å²) < 4.78 is 26.5. The van der Waals surface area contributed by atoms with Gasteiger partial charge in [-0.3, -0.25) is 9.36 Å². The second-order valence-electron chi connectivity index (χ2n) is 8.89. The van der Waals surface area contributed by atoms with Gasteiger partial charge in [0.05, 0.1) is 39.5 Å². The van der Waals surface area contributed by atoms with E-state index in [1.807, 2.05) is 30.3 Å². The molecule has 0 bridgehead atoms. The first kappa shape index (κ1) is 27.2. The van der Waals surface area contributed by atoms with Crippen molar-refractivity contribution in [3.05, 3.63) is 137 Å². The molecule has 4 aromatic rings. The molecule has 40 heavy (non-hydrogen) atoms. The number of fused-ring (bicyclic) bond motifs is 1. The van der Waals surface area contributed by atoms with Crippen LogP contribution in [0.5, 0.6) is 0 Å². The summed E-state index contributed by atoms with van der Waals surface area (Å²) in [6.07, 6.45) is 1.38. The number of ether oxygens (including phenoxy) is 2. The van der Waals surface area contributed by atoms with Crippen LogP contribution in [0.15, 0.2) is 93.9 Å². The van der Waals surface area contributed by atoms with Crippen LogP contribution in [0, 0.1) is 5.82 Å². The molecular formula is C30H22ClFN2O5S. The van der Waals surface area contributed by atoms with Gasteiger partial charge in [0.15, 0.2) is 4.80 Å². The van der Waals surface area contributed by atoms with Crippen LogP contribution in [0.25, 0.3) is 6.08 Å². The predicted molar refractivity (Wildman–Crippen MR) is 149 cm³/mol. The molecule has 0 aliphatic carbocycles. The summed E-state index contributed by atoms with van der Waals surface area (Å²) in [7, 11) is 1.28. The third kappa shape index (κ3) is 5.25. The zero-order chi connectivity index (χ0) is 28.4. The smallest absolute Gasteiger partial charge is 0.338 e. The van der Waals surface area contributed by atoms with Crippen molar-refractivity contribution < 1.29 is 23.5 Å². The van der Waals surface area contributed by atoms with Gasteiger partial charge in [-0.15, -0.1) is 0 Å². The van der Waals surface area contributed by atoms with Crippen LogP contribution in [0.3, 0.4) is 0 Å². The summed E-state index contributed by atoms with van der Waals surface area (Å²) in [5, 5.41) is 0.155. The maximum Gasteiger partial charge on any atom is 0.338 e. The van der Waals surface area contributed by atoms with Crippen molar-refractivity contribution in [1.29, 1.82) is 0 Å². The van der Waals surface area contributed by atoms with E-state index in [1.54, 1.807) is 31.2 Å². The molecule has 1 aliphatic heterocycles. The molecule has 0 radical (unpaired) electrons. The lowest BCUT2D eigenvalue weighted by Crippen LogP contribution is -2.40. The van der Waals surface area contributed by atoms with Gasteiger partial charge in [-0.1, -0.05) is 71.5 Å². The maximum atomic E-state index is 14.5. The van der Waals surface area contributed by atoms with Crippen molar-refractivity contribution in [2.24, 2.45) is 4.99 Å². The Hall–Kier alpha value is -4.34. The number of nitrogens with zero attached hydrogens (tertiary/aromatic N) is 2. The molecule has 1 aromatic heterocycles. The van der Waals surface area contributed by atoms with Crippen molar-refractivity contribution in [2.75, 3.05) is 7.11 Å². The van der Waals surface area contributed by atoms with Crippen LogP contribution in [0.2, 0.25) is 5.02 Å². The molecule has 7 nitrogen and oxygen atoms in total. The van der Waals surface area contributed by atoms with E-state index < -0.39 is 29.4 Å². The summed E-state index contributed by atoms with van der Waals surface area (Å²) in [5.74, 6) is -1.74. The zero-order valence-corrected chi connectivity index (χ0v) is 23.0. The average Bonchev–Trinajstić information content (AvgIpc) is 3.27. The first-order valence-electron chi connectivity index (χ1n) is 12.1. The highest BCUT2D eigenvalue weighted by Crippen LogP contribution is 2.31. The summed E-state index contributed by atoms with van der Waals surface area (Å²) in [5.41, 5.74) is 1.79. The minimum atomic E-state index is -0.913. The molecule has 2 heterocycles. The number of esters is 2. The molecule has 0 saturated carbocycles. The Morgan fingerprint density at radius 3 is 2.45 bits per heavy atom. The molecule has 3 aromatic carbocycles. The van der Waals surface area contributed by atoms with Crippen LogP contribution in [-0.4, -0.2) is 23.6 Å². The molecule has 0 fully saturated rings. The number of thiazole rings is 1. The average molecular weight is 577 g/mol. The lowest BCUT2D eigenvalue weighted by Gasteiger charge is -2.25. The van der Waals surface area contributed by atoms with Gasteiger partial charge in [-0.05, 0) is 48.4 Å². The van der Waals surface area contributed by atoms with Crippen LogP contribution >= 0.6 is 22.9 Å². The van der Waals surface area contributed by atoms with Crippen LogP contribution in [-0.2, 0) is 20.9 Å². The third-order valence-electron chi connectivity index (χ3n) is 6.38. The number of aromatic nitrogens is 1. The van der Waals surface area contributed by atoms with E-state index in [0.29, 0.717) is 21.6 Å². The van der Waals surface area contributed by atoms with Crippen molar-refractivity contribution >= 4 is 41.0 Å². The fourth-order valence-corrected chi connectivity index (χ4v) is 5.64. The van der Waals surface area contributed by atoms with Gasteiger partial charge in [0.25, 0.3) is 5.56 Å². The molecule has 0 saturated heterocycles. The minimum absolute atomic E-state index is 0.0284. The second-order valence-corrected chi connectivity index (χ2v) is 10.3. The Morgan fingerprint density at radius 2 is 1.77 bits per heavy atom. The van der Waals surface area contributed by atoms with E-state index in [-0.39, 0.29) is 27.3 Å². The van der Waals surface area contributed by atoms with Crippen molar-refractivity contribution in [1.82, 2.24) is 4.57 Å². The fraction of sp³-hybridized carbons (Fsp3) is 0.133. The SMILES string of the molecule is COC(=O)c1ccc(C2C(C(=O)OCc3ccccc3)=C(C)N=c3sc(=Cc4c(F)cccc4Cl)c(=O)n32)cc1. The van der Waals surface area contributed by atoms with Crippen LogP contribution in [0.4, 0.5) is 4.39 Å². The molecule has 0 amide bonds. The van der Waals surface area contributed by atoms with E-state index in [9.17, 15) is 18.8 Å². The summed E-state index contributed by atoms with van der Waals surface area (Å²) in [6, 6.07) is 19.0. The lowest BCUT2D eigenvalue weighted by molar-refractivity contribution is -0.140. The molecule has 1 atom stereocenters. The highest BCUT2D eigenvalue weighted by atomic mass is 35.5. The van der Waals surface area contributed by atoms with E-state index in [4.69, 9.17) is 21.1 Å². The van der Waals surface area contributed by atoms with Crippen LogP contribution < -0.4 is 14.9 Å². The Labute approximate surface area is 237 Å². The van der Waals surface area contributed by atoms with Gasteiger partial charge in [-0.2, -0.15) is 0 Å². The molecular weight excluding hydrogens is 555 g/mol. The maximum absolute atomic E-state index is 14.5. The molecule has 10 heteroatoms. The van der Waals surface area contributed by atoms with E-state index >= 15 is 0 Å². The predicted octanol–water partition coefficient (Wildman–Crippen LogP) is 4.56. The quantitative estimate of drug-likeness (QED) is 0.314. The standard InChI is InChI=1S/C30H22ClFN2O5S/c1-17-25(29(37)39-16-18-7-4-3-5-8-18)26(19-11-13-20(14-12-19)28(36)38-2)34-27(35)24(40-30(34)33-17)15-21-22(31)9-6-10-23(21)32/h3-15,26H,16H2,1-2H3.